The molecule has 8 nitrogen and oxygen atoms in total. The summed E-state index contributed by atoms with van der Waals surface area (Å²) in [6.07, 6.45) is -0.214. The molecule has 24 heavy (non-hydrogen) atoms. The molecule has 1 saturated heterocycles. The SMILES string of the molecule is Cc1cc(C(=O)C2C(=NO)CCN(C(=O)OC(C)(C)C)[C@H]2C)no1. The van der Waals surface area contributed by atoms with Crippen LogP contribution >= 0.6 is 0 Å². The van der Waals surface area contributed by atoms with Crippen LogP contribution in [0.5, 0.6) is 0 Å². The van der Waals surface area contributed by atoms with Gasteiger partial charge in [-0.15, -0.1) is 0 Å². The van der Waals surface area contributed by atoms with Crippen LogP contribution in [0, 0.1) is 12.8 Å². The molecule has 0 spiro atoms. The molecular formula is C16H23N3O5. The Morgan fingerprint density at radius 3 is 2.62 bits per heavy atom. The molecule has 2 heterocycles. The van der Waals surface area contributed by atoms with Crippen LogP contribution in [-0.2, 0) is 4.74 Å². The number of nitrogens with zero attached hydrogens (tertiary/aromatic N) is 3. The number of Topliss-reactive ketones (excluding diaryl/α,β-unsaturated/α-hetero) is 1. The highest BCUT2D eigenvalue weighted by molar-refractivity contribution is 6.12. The largest absolute Gasteiger partial charge is 0.444 e. The van der Waals surface area contributed by atoms with E-state index in [9.17, 15) is 14.8 Å². The number of ketones is 1. The number of hydrogen-bond donors (Lipinski definition) is 1. The zero-order chi connectivity index (χ0) is 18.1. The second-order valence-corrected chi connectivity index (χ2v) is 6.92. The third kappa shape index (κ3) is 3.74. The lowest BCUT2D eigenvalue weighted by atomic mass is 9.84. The highest BCUT2D eigenvalue weighted by Crippen LogP contribution is 2.27. The predicted octanol–water partition coefficient (Wildman–Crippen LogP) is 2.64. The molecule has 2 atom stereocenters. The molecule has 1 fully saturated rings. The van der Waals surface area contributed by atoms with Gasteiger partial charge >= 0.3 is 6.09 Å². The first-order valence-electron chi connectivity index (χ1n) is 7.82. The first-order chi connectivity index (χ1) is 11.1. The summed E-state index contributed by atoms with van der Waals surface area (Å²) in [5, 5.41) is 16.2. The zero-order valence-electron chi connectivity index (χ0n) is 14.6. The third-order valence-corrected chi connectivity index (χ3v) is 3.86. The molecule has 1 aliphatic rings. The van der Waals surface area contributed by atoms with Crippen LogP contribution in [-0.4, -0.2) is 51.0 Å². The lowest BCUT2D eigenvalue weighted by molar-refractivity contribution is 0.0129. The van der Waals surface area contributed by atoms with Crippen molar-refractivity contribution in [3.8, 4) is 0 Å². The summed E-state index contributed by atoms with van der Waals surface area (Å²) in [6, 6.07) is 1.00. The maximum atomic E-state index is 12.8. The van der Waals surface area contributed by atoms with Gasteiger partial charge in [-0.25, -0.2) is 4.79 Å². The Bertz CT molecular complexity index is 659. The van der Waals surface area contributed by atoms with Crippen molar-refractivity contribution in [1.82, 2.24) is 10.1 Å². The molecule has 1 aliphatic heterocycles. The molecule has 0 bridgehead atoms. The number of ether oxygens (including phenoxy) is 1. The molecule has 0 aliphatic carbocycles. The van der Waals surface area contributed by atoms with Crippen molar-refractivity contribution in [1.29, 1.82) is 0 Å². The topological polar surface area (TPSA) is 105 Å². The van der Waals surface area contributed by atoms with Gasteiger partial charge < -0.3 is 19.4 Å². The van der Waals surface area contributed by atoms with Gasteiger partial charge in [0.05, 0.1) is 11.6 Å². The normalized spacial score (nSPS) is 23.4. The Morgan fingerprint density at radius 2 is 2.12 bits per heavy atom. The standard InChI is InChI=1S/C16H23N3O5/c1-9-8-12(18-24-9)14(20)13-10(2)19(7-6-11(13)17-22)15(21)23-16(3,4)5/h8,10,13,22H,6-7H2,1-5H3/t10-,13?/m0/s1. The zero-order valence-corrected chi connectivity index (χ0v) is 14.6. The minimum absolute atomic E-state index is 0.150. The second kappa shape index (κ2) is 6.62. The number of hydrogen-bond acceptors (Lipinski definition) is 7. The fraction of sp³-hybridized carbons (Fsp3) is 0.625. The maximum absolute atomic E-state index is 12.8. The van der Waals surface area contributed by atoms with Crippen molar-refractivity contribution in [3.05, 3.63) is 17.5 Å². The number of carbonyl (C=O) groups is 2. The van der Waals surface area contributed by atoms with Gasteiger partial charge in [0.2, 0.25) is 0 Å². The Balaban J connectivity index is 2.26. The van der Waals surface area contributed by atoms with E-state index in [1.807, 2.05) is 0 Å². The molecule has 2 rings (SSSR count). The van der Waals surface area contributed by atoms with Crippen LogP contribution in [0.25, 0.3) is 0 Å². The number of likely N-dealkylation sites (tertiary alicyclic amines) is 1. The van der Waals surface area contributed by atoms with Gasteiger partial charge in [-0.05, 0) is 34.6 Å². The minimum atomic E-state index is -0.791. The maximum Gasteiger partial charge on any atom is 0.410 e. The van der Waals surface area contributed by atoms with E-state index in [1.54, 1.807) is 34.6 Å². The number of carbonyl (C=O) groups excluding carboxylic acids is 2. The van der Waals surface area contributed by atoms with E-state index in [0.717, 1.165) is 0 Å². The van der Waals surface area contributed by atoms with Crippen LogP contribution in [0.1, 0.15) is 50.4 Å². The quantitative estimate of drug-likeness (QED) is 0.505. The molecule has 132 valence electrons. The molecule has 1 aromatic heterocycles. The van der Waals surface area contributed by atoms with E-state index < -0.39 is 23.7 Å². The number of piperidine rings is 1. The smallest absolute Gasteiger partial charge is 0.410 e. The van der Waals surface area contributed by atoms with Gasteiger partial charge in [0, 0.05) is 25.1 Å². The Hall–Kier alpha value is -2.38. The van der Waals surface area contributed by atoms with Crippen molar-refractivity contribution in [3.63, 3.8) is 0 Å². The fourth-order valence-corrected chi connectivity index (χ4v) is 2.76. The van der Waals surface area contributed by atoms with Crippen LogP contribution < -0.4 is 0 Å². The van der Waals surface area contributed by atoms with E-state index in [1.165, 1.54) is 11.0 Å². The van der Waals surface area contributed by atoms with E-state index in [4.69, 9.17) is 9.26 Å². The molecule has 1 aromatic rings. The van der Waals surface area contributed by atoms with E-state index >= 15 is 0 Å². The number of oxime groups is 1. The number of amides is 1. The van der Waals surface area contributed by atoms with Gasteiger partial charge in [0.15, 0.2) is 11.5 Å². The number of rotatable bonds is 2. The van der Waals surface area contributed by atoms with Gasteiger partial charge in [0.1, 0.15) is 11.4 Å². The molecular weight excluding hydrogens is 314 g/mol. The summed E-state index contributed by atoms with van der Waals surface area (Å²) in [7, 11) is 0. The average molecular weight is 337 g/mol. The summed E-state index contributed by atoms with van der Waals surface area (Å²) in [6.45, 7) is 9.06. The van der Waals surface area contributed by atoms with Gasteiger partial charge in [-0.1, -0.05) is 10.3 Å². The highest BCUT2D eigenvalue weighted by Gasteiger charge is 2.42. The van der Waals surface area contributed by atoms with Gasteiger partial charge in [0.25, 0.3) is 0 Å². The molecule has 1 amide bonds. The van der Waals surface area contributed by atoms with E-state index in [0.29, 0.717) is 18.0 Å². The lowest BCUT2D eigenvalue weighted by Gasteiger charge is -2.39. The van der Waals surface area contributed by atoms with Crippen LogP contribution in [0.3, 0.4) is 0 Å². The minimum Gasteiger partial charge on any atom is -0.444 e. The van der Waals surface area contributed by atoms with Gasteiger partial charge in [-0.2, -0.15) is 0 Å². The number of aromatic nitrogens is 1. The second-order valence-electron chi connectivity index (χ2n) is 6.92. The molecule has 8 heteroatoms. The Labute approximate surface area is 140 Å². The molecule has 0 saturated carbocycles. The van der Waals surface area contributed by atoms with Crippen LogP contribution in [0.4, 0.5) is 4.79 Å². The fourth-order valence-electron chi connectivity index (χ4n) is 2.76. The summed E-state index contributed by atoms with van der Waals surface area (Å²) in [5.41, 5.74) is -0.158. The highest BCUT2D eigenvalue weighted by atomic mass is 16.6. The first-order valence-corrected chi connectivity index (χ1v) is 7.82. The van der Waals surface area contributed by atoms with Crippen LogP contribution in [0.2, 0.25) is 0 Å². The summed E-state index contributed by atoms with van der Waals surface area (Å²) < 4.78 is 10.3. The van der Waals surface area contributed by atoms with Crippen LogP contribution in [0.15, 0.2) is 15.7 Å². The third-order valence-electron chi connectivity index (χ3n) is 3.86. The summed E-state index contributed by atoms with van der Waals surface area (Å²) in [5.74, 6) is -0.630. The molecule has 1 unspecified atom stereocenters. The van der Waals surface area contributed by atoms with Crippen molar-refractivity contribution in [2.75, 3.05) is 6.54 Å². The Kier molecular flexibility index (Phi) is 4.96. The van der Waals surface area contributed by atoms with Gasteiger partial charge in [-0.3, -0.25) is 4.79 Å². The summed E-state index contributed by atoms with van der Waals surface area (Å²) in [4.78, 5) is 26.6. The molecule has 1 N–H and O–H groups in total. The summed E-state index contributed by atoms with van der Waals surface area (Å²) >= 11 is 0. The van der Waals surface area contributed by atoms with Crippen molar-refractivity contribution in [2.24, 2.45) is 11.1 Å². The van der Waals surface area contributed by atoms with Crippen molar-refractivity contribution < 1.29 is 24.1 Å². The lowest BCUT2D eigenvalue weighted by Crippen LogP contribution is -2.54. The predicted molar refractivity (Wildman–Crippen MR) is 85.3 cm³/mol. The molecule has 0 radical (unpaired) electrons. The average Bonchev–Trinajstić information content (AvgIpc) is 2.90. The van der Waals surface area contributed by atoms with E-state index in [-0.39, 0.29) is 17.9 Å². The van der Waals surface area contributed by atoms with Crippen molar-refractivity contribution in [2.45, 2.75) is 52.7 Å². The van der Waals surface area contributed by atoms with E-state index in [2.05, 4.69) is 10.3 Å². The monoisotopic (exact) mass is 337 g/mol. The van der Waals surface area contributed by atoms with Crippen molar-refractivity contribution >= 4 is 17.6 Å². The Morgan fingerprint density at radius 1 is 1.46 bits per heavy atom. The number of aryl methyl sites for hydroxylation is 1. The molecule has 0 aromatic carbocycles. The first kappa shape index (κ1) is 18.0.